The summed E-state index contributed by atoms with van der Waals surface area (Å²) in [5, 5.41) is 0. The molecule has 0 aromatic heterocycles. The first-order valence-electron chi connectivity index (χ1n) is 14.6. The van der Waals surface area contributed by atoms with E-state index in [9.17, 15) is 13.2 Å². The van der Waals surface area contributed by atoms with Crippen LogP contribution in [0.2, 0.25) is 0 Å². The van der Waals surface area contributed by atoms with Gasteiger partial charge in [-0.3, -0.25) is 9.35 Å². The van der Waals surface area contributed by atoms with E-state index < -0.39 is 16.5 Å². The Morgan fingerprint density at radius 3 is 1.64 bits per heavy atom. The third-order valence-electron chi connectivity index (χ3n) is 6.48. The maximum atomic E-state index is 11.8. The van der Waals surface area contributed by atoms with Crippen molar-refractivity contribution in [2.45, 2.75) is 162 Å². The molecule has 0 saturated heterocycles. The van der Waals surface area contributed by atoms with E-state index in [0.29, 0.717) is 25.9 Å². The van der Waals surface area contributed by atoms with Gasteiger partial charge in [0.15, 0.2) is 0 Å². The van der Waals surface area contributed by atoms with Crippen molar-refractivity contribution in [3.8, 4) is 0 Å². The number of hydrogen-bond acceptors (Lipinski definition) is 5. The van der Waals surface area contributed by atoms with Gasteiger partial charge in [0.1, 0.15) is 0 Å². The first-order chi connectivity index (χ1) is 16.7. The summed E-state index contributed by atoms with van der Waals surface area (Å²) < 4.78 is 41.6. The minimum absolute atomic E-state index is 0. The van der Waals surface area contributed by atoms with E-state index in [4.69, 9.17) is 13.5 Å². The van der Waals surface area contributed by atoms with Crippen molar-refractivity contribution >= 4 is 16.4 Å². The van der Waals surface area contributed by atoms with Crippen LogP contribution >= 0.6 is 0 Å². The first kappa shape index (κ1) is 38.5. The average Bonchev–Trinajstić information content (AvgIpc) is 2.78. The molecule has 0 aliphatic rings. The Morgan fingerprint density at radius 2 is 1.14 bits per heavy atom. The van der Waals surface area contributed by atoms with Crippen LogP contribution in [0.1, 0.15) is 156 Å². The second-order valence-corrected chi connectivity index (χ2v) is 11.6. The Kier molecular flexibility index (Phi) is 28.8. The van der Waals surface area contributed by atoms with Gasteiger partial charge in [0.05, 0.1) is 12.7 Å². The first-order valence-corrected chi connectivity index (χ1v) is 15.9. The molecule has 0 aromatic carbocycles. The molecular formula is C28H56NaO6S+. The van der Waals surface area contributed by atoms with Crippen LogP contribution in [0.15, 0.2) is 0 Å². The molecule has 0 rings (SSSR count). The Hall–Kier alpha value is 0.340. The minimum atomic E-state index is -4.41. The minimum Gasteiger partial charge on any atom is -0.466 e. The smallest absolute Gasteiger partial charge is 0.466 e. The number of hydrogen-bond donors (Lipinski definition) is 1. The molecule has 0 aliphatic carbocycles. The van der Waals surface area contributed by atoms with Crippen molar-refractivity contribution < 1.29 is 56.2 Å². The van der Waals surface area contributed by atoms with Crippen molar-refractivity contribution in [2.24, 2.45) is 5.92 Å². The number of carbonyl (C=O) groups excluding carboxylic acids is 1. The fourth-order valence-electron chi connectivity index (χ4n) is 4.36. The molecule has 0 fully saturated rings. The van der Waals surface area contributed by atoms with Crippen LogP contribution < -0.4 is 29.6 Å². The van der Waals surface area contributed by atoms with Crippen LogP contribution in [-0.2, 0) is 24.1 Å². The molecule has 0 bridgehead atoms. The summed E-state index contributed by atoms with van der Waals surface area (Å²) in [4.78, 5) is 11.8. The van der Waals surface area contributed by atoms with Gasteiger partial charge in [-0.05, 0) is 31.6 Å². The van der Waals surface area contributed by atoms with Crippen LogP contribution in [0.3, 0.4) is 0 Å². The zero-order chi connectivity index (χ0) is 26.2. The number of carbonyl (C=O) groups is 1. The number of ether oxygens (including phenoxy) is 1. The largest absolute Gasteiger partial charge is 1.00 e. The molecule has 1 atom stereocenters. The summed E-state index contributed by atoms with van der Waals surface area (Å²) in [7, 11) is -4.41. The summed E-state index contributed by atoms with van der Waals surface area (Å²) in [5.41, 5.74) is 0. The van der Waals surface area contributed by atoms with Crippen molar-refractivity contribution in [3.63, 3.8) is 0 Å². The molecule has 0 aromatic rings. The molecule has 1 N–H and O–H groups in total. The van der Waals surface area contributed by atoms with Gasteiger partial charge in [0, 0.05) is 6.42 Å². The second-order valence-electron chi connectivity index (χ2n) is 10.5. The topological polar surface area (TPSA) is 89.9 Å². The van der Waals surface area contributed by atoms with E-state index in [1.165, 1.54) is 57.8 Å². The molecule has 210 valence electrons. The molecule has 0 radical (unpaired) electrons. The third kappa shape index (κ3) is 30.6. The van der Waals surface area contributed by atoms with Crippen molar-refractivity contribution in [1.29, 1.82) is 0 Å². The average molecular weight is 544 g/mol. The van der Waals surface area contributed by atoms with E-state index in [-0.39, 0.29) is 35.5 Å². The summed E-state index contributed by atoms with van der Waals surface area (Å²) >= 11 is 0. The molecular weight excluding hydrogens is 487 g/mol. The van der Waals surface area contributed by atoms with Gasteiger partial charge >= 0.3 is 45.9 Å². The zero-order valence-corrected chi connectivity index (χ0v) is 26.9. The number of unbranched alkanes of at least 4 members (excludes halogenated alkanes) is 14. The van der Waals surface area contributed by atoms with Crippen LogP contribution in [0, 0.1) is 5.92 Å². The van der Waals surface area contributed by atoms with Crippen molar-refractivity contribution in [3.05, 3.63) is 0 Å². The Morgan fingerprint density at radius 1 is 0.694 bits per heavy atom. The van der Waals surface area contributed by atoms with Crippen LogP contribution in [0.5, 0.6) is 0 Å². The molecule has 6 nitrogen and oxygen atoms in total. The predicted molar refractivity (Wildman–Crippen MR) is 145 cm³/mol. The Bertz CT molecular complexity index is 583. The number of esters is 1. The van der Waals surface area contributed by atoms with E-state index >= 15 is 0 Å². The molecule has 8 heteroatoms. The van der Waals surface area contributed by atoms with Crippen LogP contribution in [0.4, 0.5) is 0 Å². The SMILES string of the molecule is CCCCCCCCCC(CCCCCCCC(=O)OCCCCCCCC(C)C)OS(=O)(=O)O.[Na+]. The summed E-state index contributed by atoms with van der Waals surface area (Å²) in [6, 6.07) is 0. The van der Waals surface area contributed by atoms with E-state index in [2.05, 4.69) is 20.8 Å². The van der Waals surface area contributed by atoms with Gasteiger partial charge in [-0.2, -0.15) is 8.42 Å². The molecule has 36 heavy (non-hydrogen) atoms. The van der Waals surface area contributed by atoms with Crippen LogP contribution in [-0.4, -0.2) is 31.7 Å². The van der Waals surface area contributed by atoms with Gasteiger partial charge in [0.2, 0.25) is 0 Å². The fourth-order valence-corrected chi connectivity index (χ4v) is 4.89. The van der Waals surface area contributed by atoms with Crippen molar-refractivity contribution in [2.75, 3.05) is 6.61 Å². The molecule has 0 heterocycles. The standard InChI is InChI=1S/C28H56O6S.Na/c1-4-5-6-7-8-12-17-22-27(34-35(30,31)32)23-18-13-9-14-19-24-28(29)33-25-20-15-10-11-16-21-26(2)3;/h26-27H,4-25H2,1-3H3,(H,30,31,32);/q;+1. The number of rotatable bonds is 26. The van der Waals surface area contributed by atoms with Gasteiger partial charge < -0.3 is 4.74 Å². The van der Waals surface area contributed by atoms with E-state index in [1.54, 1.807) is 0 Å². The summed E-state index contributed by atoms with van der Waals surface area (Å²) in [6.07, 6.45) is 21.3. The molecule has 1 unspecified atom stereocenters. The van der Waals surface area contributed by atoms with Gasteiger partial charge in [-0.15, -0.1) is 0 Å². The summed E-state index contributed by atoms with van der Waals surface area (Å²) in [5.74, 6) is 0.688. The Labute approximate surface area is 245 Å². The molecule has 0 amide bonds. The second kappa shape index (κ2) is 26.9. The normalized spacial score (nSPS) is 12.5. The molecule has 0 saturated carbocycles. The Balaban J connectivity index is 0. The van der Waals surface area contributed by atoms with Gasteiger partial charge in [-0.1, -0.05) is 124 Å². The van der Waals surface area contributed by atoms with Crippen LogP contribution in [0.25, 0.3) is 0 Å². The van der Waals surface area contributed by atoms with E-state index in [0.717, 1.165) is 63.7 Å². The van der Waals surface area contributed by atoms with Crippen molar-refractivity contribution in [1.82, 2.24) is 0 Å². The monoisotopic (exact) mass is 543 g/mol. The van der Waals surface area contributed by atoms with E-state index in [1.807, 2.05) is 0 Å². The van der Waals surface area contributed by atoms with Gasteiger partial charge in [0.25, 0.3) is 0 Å². The molecule has 0 spiro atoms. The fraction of sp³-hybridized carbons (Fsp3) is 0.964. The predicted octanol–water partition coefficient (Wildman–Crippen LogP) is 5.59. The van der Waals surface area contributed by atoms with Gasteiger partial charge in [-0.25, -0.2) is 4.18 Å². The maximum Gasteiger partial charge on any atom is 1.00 e. The molecule has 0 aliphatic heterocycles. The summed E-state index contributed by atoms with van der Waals surface area (Å²) in [6.45, 7) is 7.26. The zero-order valence-electron chi connectivity index (χ0n) is 24.1. The maximum absolute atomic E-state index is 11.8. The quantitative estimate of drug-likeness (QED) is 0.0662. The third-order valence-corrected chi connectivity index (χ3v) is 7.00.